The van der Waals surface area contributed by atoms with Crippen molar-refractivity contribution < 1.29 is 31.5 Å². The van der Waals surface area contributed by atoms with Crippen molar-refractivity contribution in [3.8, 4) is 17.3 Å². The van der Waals surface area contributed by atoms with Crippen molar-refractivity contribution in [1.29, 1.82) is 5.26 Å². The van der Waals surface area contributed by atoms with Crippen LogP contribution in [0.4, 0.5) is 18.9 Å². The van der Waals surface area contributed by atoms with E-state index in [2.05, 4.69) is 16.4 Å². The number of nitrogens with zero attached hydrogens (tertiary/aromatic N) is 3. The predicted octanol–water partition coefficient (Wildman–Crippen LogP) is 5.38. The largest absolute Gasteiger partial charge is 0.468 e. The van der Waals surface area contributed by atoms with E-state index in [4.69, 9.17) is 4.42 Å². The molecule has 3 aliphatic rings. The number of rotatable bonds is 5. The summed E-state index contributed by atoms with van der Waals surface area (Å²) < 4.78 is 66.0. The van der Waals surface area contributed by atoms with Crippen LogP contribution < -0.4 is 10.2 Å². The quantitative estimate of drug-likeness (QED) is 0.467. The number of aromatic nitrogens is 1. The third-order valence-electron chi connectivity index (χ3n) is 7.54. The zero-order valence-electron chi connectivity index (χ0n) is 20.1. The van der Waals surface area contributed by atoms with Crippen molar-refractivity contribution in [1.82, 2.24) is 10.3 Å². The van der Waals surface area contributed by atoms with Gasteiger partial charge in [0.25, 0.3) is 0 Å². The molecule has 37 heavy (non-hydrogen) atoms. The molecular formula is C25H29F3N4O4S. The summed E-state index contributed by atoms with van der Waals surface area (Å²) >= 11 is 0. The molecule has 5 rings (SSSR count). The number of halogens is 3. The molecule has 8 nitrogen and oxygen atoms in total. The summed E-state index contributed by atoms with van der Waals surface area (Å²) in [4.78, 5) is 19.0. The Morgan fingerprint density at radius 1 is 1.16 bits per heavy atom. The summed E-state index contributed by atoms with van der Waals surface area (Å²) in [5, 5.41) is 12.2. The van der Waals surface area contributed by atoms with E-state index in [-0.39, 0.29) is 28.9 Å². The van der Waals surface area contributed by atoms with Crippen LogP contribution in [-0.4, -0.2) is 50.1 Å². The van der Waals surface area contributed by atoms with Crippen molar-refractivity contribution in [3.05, 3.63) is 35.9 Å². The maximum atomic E-state index is 13.6. The highest BCUT2D eigenvalue weighted by Crippen LogP contribution is 2.46. The third-order valence-corrected chi connectivity index (χ3v) is 9.22. The highest BCUT2D eigenvalue weighted by molar-refractivity contribution is 8.24. The Kier molecular flexibility index (Phi) is 6.66. The number of hydrogen-bond acceptors (Lipinski definition) is 7. The summed E-state index contributed by atoms with van der Waals surface area (Å²) in [6.07, 6.45) is -1.16. The van der Waals surface area contributed by atoms with Crippen LogP contribution in [0.25, 0.3) is 11.3 Å². The standard InChI is InChI=1S/C25H29F3N4O4S/c26-25(27,28)23-30-20(16-5-7-17(8-6-16)32-11-13-37(34,35)14-12-32)21(36-23)18-3-1-2-4-19(18)22(33)31-24(15-29)9-10-24/h5-8,18-19,34-35H,1-4,9-14H2,(H,31,33). The molecule has 2 heterocycles. The summed E-state index contributed by atoms with van der Waals surface area (Å²) in [6.45, 7) is 0.941. The van der Waals surface area contributed by atoms with Gasteiger partial charge >= 0.3 is 12.1 Å². The summed E-state index contributed by atoms with van der Waals surface area (Å²) in [6, 6.07) is 9.02. The summed E-state index contributed by atoms with van der Waals surface area (Å²) in [5.41, 5.74) is 0.469. The van der Waals surface area contributed by atoms with Gasteiger partial charge in [0.2, 0.25) is 5.91 Å². The fourth-order valence-electron chi connectivity index (χ4n) is 5.20. The van der Waals surface area contributed by atoms with Gasteiger partial charge in [0, 0.05) is 36.2 Å². The minimum atomic E-state index is -4.78. The number of alkyl halides is 3. The lowest BCUT2D eigenvalue weighted by Gasteiger charge is -2.41. The van der Waals surface area contributed by atoms with E-state index in [1.165, 1.54) is 0 Å². The van der Waals surface area contributed by atoms with Crippen molar-refractivity contribution in [2.75, 3.05) is 29.5 Å². The molecule has 12 heteroatoms. The number of carbonyl (C=O) groups excluding carboxylic acids is 1. The molecule has 200 valence electrons. The molecule has 3 N–H and O–H groups in total. The Hall–Kier alpha value is -2.75. The number of nitriles is 1. The molecule has 0 spiro atoms. The minimum Gasteiger partial charge on any atom is -0.437 e. The lowest BCUT2D eigenvalue weighted by atomic mass is 9.76. The van der Waals surface area contributed by atoms with E-state index in [1.54, 1.807) is 24.3 Å². The normalized spacial score (nSPS) is 25.7. The Bertz CT molecular complexity index is 1190. The number of anilines is 1. The monoisotopic (exact) mass is 538 g/mol. The van der Waals surface area contributed by atoms with Gasteiger partial charge in [-0.3, -0.25) is 13.9 Å². The van der Waals surface area contributed by atoms with Gasteiger partial charge in [0.15, 0.2) is 0 Å². The van der Waals surface area contributed by atoms with E-state index in [0.29, 0.717) is 44.3 Å². The number of oxazole rings is 1. The van der Waals surface area contributed by atoms with Gasteiger partial charge in [-0.2, -0.15) is 29.0 Å². The van der Waals surface area contributed by atoms with Crippen molar-refractivity contribution in [3.63, 3.8) is 0 Å². The van der Waals surface area contributed by atoms with Crippen LogP contribution >= 0.6 is 10.6 Å². The zero-order valence-corrected chi connectivity index (χ0v) is 20.9. The Morgan fingerprint density at radius 3 is 2.41 bits per heavy atom. The van der Waals surface area contributed by atoms with Gasteiger partial charge in [-0.15, -0.1) is 0 Å². The van der Waals surface area contributed by atoms with Crippen LogP contribution in [0.5, 0.6) is 0 Å². The highest BCUT2D eigenvalue weighted by Gasteiger charge is 2.48. The molecule has 2 aliphatic carbocycles. The number of amides is 1. The first-order chi connectivity index (χ1) is 17.5. The molecule has 2 saturated carbocycles. The highest BCUT2D eigenvalue weighted by atomic mass is 32.3. The third kappa shape index (κ3) is 5.44. The van der Waals surface area contributed by atoms with E-state index >= 15 is 0 Å². The van der Waals surface area contributed by atoms with Crippen molar-refractivity contribution in [2.24, 2.45) is 5.92 Å². The Morgan fingerprint density at radius 2 is 1.81 bits per heavy atom. The predicted molar refractivity (Wildman–Crippen MR) is 132 cm³/mol. The van der Waals surface area contributed by atoms with Crippen molar-refractivity contribution >= 4 is 22.2 Å². The molecule has 2 aromatic rings. The van der Waals surface area contributed by atoms with Crippen molar-refractivity contribution in [2.45, 2.75) is 56.2 Å². The van der Waals surface area contributed by atoms with Crippen LogP contribution in [-0.2, 0) is 11.0 Å². The zero-order chi connectivity index (χ0) is 26.4. The number of carbonyl (C=O) groups is 1. The van der Waals surface area contributed by atoms with Gasteiger partial charge < -0.3 is 14.6 Å². The van der Waals surface area contributed by atoms with Crippen LogP contribution in [0.3, 0.4) is 0 Å². The van der Waals surface area contributed by atoms with Crippen LogP contribution in [0.15, 0.2) is 28.7 Å². The maximum absolute atomic E-state index is 13.6. The number of nitrogens with one attached hydrogen (secondary N) is 1. The average molecular weight is 539 g/mol. The fraction of sp³-hybridized carbons (Fsp3) is 0.560. The molecule has 2 unspecified atom stereocenters. The van der Waals surface area contributed by atoms with Crippen LogP contribution in [0, 0.1) is 17.2 Å². The van der Waals surface area contributed by atoms with Crippen LogP contribution in [0.2, 0.25) is 0 Å². The SMILES string of the molecule is N#CC1(NC(=O)C2CCCCC2c2oc(C(F)(F)F)nc2-c2ccc(N3CCS(O)(O)CC3)cc2)CC1. The van der Waals surface area contributed by atoms with Gasteiger partial charge in [-0.05, 0) is 37.8 Å². The molecule has 1 aromatic carbocycles. The van der Waals surface area contributed by atoms with E-state index in [9.17, 15) is 32.3 Å². The van der Waals surface area contributed by atoms with E-state index in [0.717, 1.165) is 18.5 Å². The lowest BCUT2D eigenvalue weighted by molar-refractivity contribution is -0.157. The Balaban J connectivity index is 1.45. The molecule has 1 aromatic heterocycles. The second kappa shape index (κ2) is 9.53. The molecular weight excluding hydrogens is 509 g/mol. The summed E-state index contributed by atoms with van der Waals surface area (Å²) in [5.74, 6) is -2.28. The number of hydrogen-bond donors (Lipinski definition) is 3. The van der Waals surface area contributed by atoms with Gasteiger partial charge in [-0.25, -0.2) is 4.98 Å². The lowest BCUT2D eigenvalue weighted by Crippen LogP contribution is -2.42. The van der Waals surface area contributed by atoms with Crippen LogP contribution in [0.1, 0.15) is 56.1 Å². The molecule has 3 fully saturated rings. The first kappa shape index (κ1) is 25.9. The molecule has 2 atom stereocenters. The Labute approximate surface area is 214 Å². The topological polar surface area (TPSA) is 123 Å². The van der Waals surface area contributed by atoms with E-state index in [1.807, 2.05) is 4.90 Å². The fourth-order valence-corrected chi connectivity index (χ4v) is 6.43. The minimum absolute atomic E-state index is 0.0497. The summed E-state index contributed by atoms with van der Waals surface area (Å²) in [7, 11) is -2.55. The molecule has 1 saturated heterocycles. The first-order valence-corrected chi connectivity index (χ1v) is 14.3. The van der Waals surface area contributed by atoms with Gasteiger partial charge in [0.05, 0.1) is 17.6 Å². The second-order valence-corrected chi connectivity index (χ2v) is 12.6. The molecule has 0 radical (unpaired) electrons. The number of benzene rings is 1. The molecule has 0 bridgehead atoms. The average Bonchev–Trinajstić information content (AvgIpc) is 3.49. The second-order valence-electron chi connectivity index (χ2n) is 10.2. The maximum Gasteiger partial charge on any atom is 0.468 e. The van der Waals surface area contributed by atoms with E-state index < -0.39 is 40.0 Å². The van der Waals surface area contributed by atoms with Gasteiger partial charge in [0.1, 0.15) is 17.0 Å². The first-order valence-electron chi connectivity index (χ1n) is 12.4. The molecule has 1 aliphatic heterocycles. The van der Waals surface area contributed by atoms with Gasteiger partial charge in [-0.1, -0.05) is 25.0 Å². The smallest absolute Gasteiger partial charge is 0.437 e. The molecule has 1 amide bonds.